The molecular weight excluding hydrogens is 270 g/mol. The molecular formula is C16H27NO4. The highest BCUT2D eigenvalue weighted by Crippen LogP contribution is 2.61. The molecule has 0 radical (unpaired) electrons. The maximum absolute atomic E-state index is 12.4. The van der Waals surface area contributed by atoms with E-state index >= 15 is 0 Å². The molecule has 1 spiro atoms. The molecule has 0 amide bonds. The lowest BCUT2D eigenvalue weighted by molar-refractivity contribution is -0.176. The molecule has 0 unspecified atom stereocenters. The molecule has 0 aromatic heterocycles. The number of carbonyl (C=O) groups is 1. The molecule has 2 aliphatic rings. The Morgan fingerprint density at radius 1 is 1.14 bits per heavy atom. The molecule has 1 heterocycles. The van der Waals surface area contributed by atoms with Gasteiger partial charge in [-0.15, -0.1) is 0 Å². The van der Waals surface area contributed by atoms with Gasteiger partial charge in [0.25, 0.3) is 0 Å². The van der Waals surface area contributed by atoms with E-state index in [2.05, 4.69) is 25.8 Å². The Kier molecular flexibility index (Phi) is 3.64. The first-order valence-electron chi connectivity index (χ1n) is 7.43. The van der Waals surface area contributed by atoms with E-state index in [9.17, 15) is 4.79 Å². The van der Waals surface area contributed by atoms with Gasteiger partial charge in [0.1, 0.15) is 0 Å². The molecule has 5 nitrogen and oxygen atoms in total. The Morgan fingerprint density at radius 2 is 1.76 bits per heavy atom. The maximum Gasteiger partial charge on any atom is 0.334 e. The number of carbonyl (C=O) groups excluding carboxylic acids is 1. The lowest BCUT2D eigenvalue weighted by Gasteiger charge is -2.49. The van der Waals surface area contributed by atoms with Crippen molar-refractivity contribution in [2.75, 3.05) is 20.8 Å². The number of hydrogen-bond donors (Lipinski definition) is 0. The average Bonchev–Trinajstić information content (AvgIpc) is 2.57. The van der Waals surface area contributed by atoms with Gasteiger partial charge < -0.3 is 14.2 Å². The highest BCUT2D eigenvalue weighted by atomic mass is 16.6. The van der Waals surface area contributed by atoms with Crippen LogP contribution < -0.4 is 0 Å². The Bertz CT molecular complexity index is 483. The quantitative estimate of drug-likeness (QED) is 0.735. The molecule has 1 saturated carbocycles. The molecule has 2 atom stereocenters. The Hall–Kier alpha value is -1.10. The van der Waals surface area contributed by atoms with Gasteiger partial charge in [0, 0.05) is 17.9 Å². The van der Waals surface area contributed by atoms with Crippen molar-refractivity contribution in [3.05, 3.63) is 0 Å². The minimum Gasteiger partial charge on any atom is -0.481 e. The smallest absolute Gasteiger partial charge is 0.334 e. The first-order valence-corrected chi connectivity index (χ1v) is 7.43. The van der Waals surface area contributed by atoms with Crippen LogP contribution in [0.4, 0.5) is 0 Å². The lowest BCUT2D eigenvalue weighted by atomic mass is 9.63. The van der Waals surface area contributed by atoms with E-state index in [4.69, 9.17) is 14.2 Å². The van der Waals surface area contributed by atoms with Gasteiger partial charge in [0.15, 0.2) is 11.1 Å². The third-order valence-corrected chi connectivity index (χ3v) is 5.70. The zero-order valence-electron chi connectivity index (χ0n) is 14.2. The van der Waals surface area contributed by atoms with Crippen LogP contribution in [0, 0.1) is 10.8 Å². The largest absolute Gasteiger partial charge is 0.481 e. The van der Waals surface area contributed by atoms with E-state index in [-0.39, 0.29) is 16.8 Å². The van der Waals surface area contributed by atoms with Gasteiger partial charge in [0.2, 0.25) is 5.90 Å². The molecule has 0 aromatic rings. The summed E-state index contributed by atoms with van der Waals surface area (Å²) in [7, 11) is 3.30. The fraction of sp³-hybridized carbons (Fsp3) is 0.875. The van der Waals surface area contributed by atoms with Crippen LogP contribution in [-0.4, -0.2) is 43.8 Å². The number of nitrogens with zero attached hydrogens (tertiary/aromatic N) is 1. The van der Waals surface area contributed by atoms with E-state index in [0.717, 1.165) is 6.42 Å². The van der Waals surface area contributed by atoms with Gasteiger partial charge in [-0.25, -0.2) is 9.79 Å². The van der Waals surface area contributed by atoms with E-state index in [1.54, 1.807) is 28.1 Å². The molecule has 120 valence electrons. The van der Waals surface area contributed by atoms with Crippen LogP contribution in [-0.2, 0) is 19.0 Å². The minimum absolute atomic E-state index is 0.108. The second-order valence-electron chi connectivity index (χ2n) is 7.52. The molecule has 1 fully saturated rings. The van der Waals surface area contributed by atoms with E-state index in [1.165, 1.54) is 0 Å². The number of hydrogen-bond acceptors (Lipinski definition) is 5. The van der Waals surface area contributed by atoms with Gasteiger partial charge >= 0.3 is 5.97 Å². The minimum atomic E-state index is -0.896. The van der Waals surface area contributed by atoms with Crippen molar-refractivity contribution < 1.29 is 19.0 Å². The van der Waals surface area contributed by atoms with Crippen LogP contribution in [0.15, 0.2) is 4.99 Å². The van der Waals surface area contributed by atoms with Crippen molar-refractivity contribution in [3.8, 4) is 0 Å². The Labute approximate surface area is 127 Å². The molecule has 21 heavy (non-hydrogen) atoms. The molecule has 2 rings (SSSR count). The monoisotopic (exact) mass is 297 g/mol. The van der Waals surface area contributed by atoms with Crippen LogP contribution in [0.3, 0.4) is 0 Å². The van der Waals surface area contributed by atoms with E-state index < -0.39 is 11.1 Å². The van der Waals surface area contributed by atoms with Crippen LogP contribution in [0.25, 0.3) is 0 Å². The summed E-state index contributed by atoms with van der Waals surface area (Å²) in [5.74, 6) is 0.231. The fourth-order valence-electron chi connectivity index (χ4n) is 3.62. The summed E-state index contributed by atoms with van der Waals surface area (Å²) >= 11 is 0. The summed E-state index contributed by atoms with van der Waals surface area (Å²) in [5.41, 5.74) is -2.14. The summed E-state index contributed by atoms with van der Waals surface area (Å²) in [6.45, 7) is 10.5. The molecule has 1 aliphatic carbocycles. The van der Waals surface area contributed by atoms with Crippen molar-refractivity contribution in [3.63, 3.8) is 0 Å². The number of aliphatic imine (C=N–C) groups is 1. The standard InChI is InChI=1S/C16H27NO4/c1-13(2)12(18)21-16(11(17-13)20-7)9-8-15(5,10-19-6)14(16,3)4/h8-10H2,1-7H3/t15-,16+/m0/s1. The molecule has 0 saturated heterocycles. The van der Waals surface area contributed by atoms with Crippen LogP contribution >= 0.6 is 0 Å². The maximum atomic E-state index is 12.4. The summed E-state index contributed by atoms with van der Waals surface area (Å²) < 4.78 is 16.9. The molecule has 1 aliphatic heterocycles. The number of rotatable bonds is 2. The van der Waals surface area contributed by atoms with Crippen molar-refractivity contribution >= 4 is 11.9 Å². The first kappa shape index (κ1) is 16.3. The van der Waals surface area contributed by atoms with Crippen molar-refractivity contribution in [2.45, 2.75) is 58.6 Å². The number of esters is 1. The van der Waals surface area contributed by atoms with Crippen LogP contribution in [0.5, 0.6) is 0 Å². The topological polar surface area (TPSA) is 57.1 Å². The predicted octanol–water partition coefficient (Wildman–Crippen LogP) is 2.58. The summed E-state index contributed by atoms with van der Waals surface area (Å²) in [6, 6.07) is 0. The van der Waals surface area contributed by atoms with Crippen LogP contribution in [0.1, 0.15) is 47.5 Å². The van der Waals surface area contributed by atoms with Gasteiger partial charge in [-0.3, -0.25) is 0 Å². The van der Waals surface area contributed by atoms with Crippen molar-refractivity contribution in [1.29, 1.82) is 0 Å². The number of methoxy groups -OCH3 is 2. The molecule has 5 heteroatoms. The van der Waals surface area contributed by atoms with Crippen molar-refractivity contribution in [2.24, 2.45) is 15.8 Å². The summed E-state index contributed by atoms with van der Waals surface area (Å²) in [4.78, 5) is 16.9. The van der Waals surface area contributed by atoms with E-state index in [0.29, 0.717) is 18.9 Å². The van der Waals surface area contributed by atoms with E-state index in [1.807, 2.05) is 0 Å². The third-order valence-electron chi connectivity index (χ3n) is 5.70. The molecule has 0 N–H and O–H groups in total. The Morgan fingerprint density at radius 3 is 2.29 bits per heavy atom. The summed E-state index contributed by atoms with van der Waals surface area (Å²) in [5, 5.41) is 0. The van der Waals surface area contributed by atoms with Gasteiger partial charge in [-0.1, -0.05) is 20.8 Å². The second-order valence-corrected chi connectivity index (χ2v) is 7.52. The lowest BCUT2D eigenvalue weighted by Crippen LogP contribution is -2.61. The highest BCUT2D eigenvalue weighted by Gasteiger charge is 2.68. The number of ether oxygens (including phenoxy) is 3. The first-order chi connectivity index (χ1) is 9.56. The Balaban J connectivity index is 2.55. The van der Waals surface area contributed by atoms with Crippen molar-refractivity contribution in [1.82, 2.24) is 0 Å². The zero-order chi connectivity index (χ0) is 16.1. The predicted molar refractivity (Wildman–Crippen MR) is 80.3 cm³/mol. The fourth-order valence-corrected chi connectivity index (χ4v) is 3.62. The normalized spacial score (nSPS) is 37.3. The van der Waals surface area contributed by atoms with Gasteiger partial charge in [0.05, 0.1) is 13.7 Å². The second kappa shape index (κ2) is 4.70. The SMILES string of the molecule is COC[C@]1(C)CC[C@]2(OC(=O)C(C)(C)N=C2OC)C1(C)C. The van der Waals surface area contributed by atoms with Gasteiger partial charge in [-0.05, 0) is 26.7 Å². The van der Waals surface area contributed by atoms with Gasteiger partial charge in [-0.2, -0.15) is 0 Å². The molecule has 0 aromatic carbocycles. The third kappa shape index (κ3) is 2.00. The highest BCUT2D eigenvalue weighted by molar-refractivity contribution is 5.97. The van der Waals surface area contributed by atoms with Crippen LogP contribution in [0.2, 0.25) is 0 Å². The summed E-state index contributed by atoms with van der Waals surface area (Å²) in [6.07, 6.45) is 1.60. The zero-order valence-corrected chi connectivity index (χ0v) is 14.2. The average molecular weight is 297 g/mol. The molecule has 0 bridgehead atoms.